The predicted octanol–water partition coefficient (Wildman–Crippen LogP) is 3.06. The zero-order chi connectivity index (χ0) is 11.6. The SMILES string of the molecule is FC(F)(F)CCNCc1csc(C2CC2)n1. The zero-order valence-corrected chi connectivity index (χ0v) is 9.50. The third kappa shape index (κ3) is 3.75. The van der Waals surface area contributed by atoms with E-state index in [0.717, 1.165) is 10.7 Å². The molecule has 0 aliphatic heterocycles. The van der Waals surface area contributed by atoms with E-state index in [1.54, 1.807) is 11.3 Å². The fraction of sp³-hybridized carbons (Fsp3) is 0.700. The minimum absolute atomic E-state index is 0.0419. The number of thiazole rings is 1. The number of alkyl halides is 3. The number of aromatic nitrogens is 1. The lowest BCUT2D eigenvalue weighted by atomic mass is 10.4. The molecule has 2 rings (SSSR count). The highest BCUT2D eigenvalue weighted by Crippen LogP contribution is 2.41. The molecule has 1 aliphatic carbocycles. The molecule has 0 atom stereocenters. The van der Waals surface area contributed by atoms with E-state index in [0.29, 0.717) is 12.5 Å². The smallest absolute Gasteiger partial charge is 0.311 e. The van der Waals surface area contributed by atoms with Crippen LogP contribution in [0.15, 0.2) is 5.38 Å². The molecule has 1 aromatic rings. The van der Waals surface area contributed by atoms with Gasteiger partial charge in [-0.15, -0.1) is 11.3 Å². The van der Waals surface area contributed by atoms with E-state index in [1.807, 2.05) is 5.38 Å². The number of nitrogens with zero attached hydrogens (tertiary/aromatic N) is 1. The molecule has 0 amide bonds. The molecule has 1 fully saturated rings. The van der Waals surface area contributed by atoms with Crippen LogP contribution in [0, 0.1) is 0 Å². The lowest BCUT2D eigenvalue weighted by Crippen LogP contribution is -2.21. The Morgan fingerprint density at radius 2 is 2.19 bits per heavy atom. The summed E-state index contributed by atoms with van der Waals surface area (Å²) < 4.78 is 35.5. The summed E-state index contributed by atoms with van der Waals surface area (Å²) in [4.78, 5) is 4.38. The molecule has 1 aromatic heterocycles. The van der Waals surface area contributed by atoms with Crippen molar-refractivity contribution in [2.24, 2.45) is 0 Å². The van der Waals surface area contributed by atoms with Crippen LogP contribution >= 0.6 is 11.3 Å². The summed E-state index contributed by atoms with van der Waals surface area (Å²) in [7, 11) is 0. The van der Waals surface area contributed by atoms with Gasteiger partial charge >= 0.3 is 6.18 Å². The highest BCUT2D eigenvalue weighted by atomic mass is 32.1. The first-order chi connectivity index (χ1) is 7.54. The van der Waals surface area contributed by atoms with Gasteiger partial charge in [0.15, 0.2) is 0 Å². The average molecular weight is 250 g/mol. The van der Waals surface area contributed by atoms with E-state index < -0.39 is 12.6 Å². The molecule has 0 aromatic carbocycles. The maximum absolute atomic E-state index is 11.8. The molecular weight excluding hydrogens is 237 g/mol. The van der Waals surface area contributed by atoms with Crippen molar-refractivity contribution in [2.45, 2.75) is 37.9 Å². The Kier molecular flexibility index (Phi) is 3.49. The van der Waals surface area contributed by atoms with E-state index >= 15 is 0 Å². The van der Waals surface area contributed by atoms with Gasteiger partial charge < -0.3 is 5.32 Å². The lowest BCUT2D eigenvalue weighted by Gasteiger charge is -2.06. The van der Waals surface area contributed by atoms with Crippen molar-refractivity contribution in [3.63, 3.8) is 0 Å². The minimum Gasteiger partial charge on any atom is -0.311 e. The molecule has 2 nitrogen and oxygen atoms in total. The maximum atomic E-state index is 11.8. The Labute approximate surface area is 95.9 Å². The van der Waals surface area contributed by atoms with Gasteiger partial charge in [0.05, 0.1) is 17.1 Å². The van der Waals surface area contributed by atoms with Crippen LogP contribution in [0.5, 0.6) is 0 Å². The van der Waals surface area contributed by atoms with Gasteiger partial charge in [0.1, 0.15) is 0 Å². The number of rotatable bonds is 5. The molecule has 0 spiro atoms. The summed E-state index contributed by atoms with van der Waals surface area (Å²) in [6.07, 6.45) is -2.45. The summed E-state index contributed by atoms with van der Waals surface area (Å²) in [5.41, 5.74) is 0.856. The van der Waals surface area contributed by atoms with Crippen LogP contribution in [0.3, 0.4) is 0 Å². The van der Waals surface area contributed by atoms with Crippen LogP contribution in [-0.2, 0) is 6.54 Å². The van der Waals surface area contributed by atoms with Gasteiger partial charge in [-0.1, -0.05) is 0 Å². The second kappa shape index (κ2) is 4.71. The molecule has 1 heterocycles. The summed E-state index contributed by atoms with van der Waals surface area (Å²) >= 11 is 1.61. The Hall–Kier alpha value is -0.620. The zero-order valence-electron chi connectivity index (χ0n) is 8.68. The quantitative estimate of drug-likeness (QED) is 0.812. The van der Waals surface area contributed by atoms with E-state index in [9.17, 15) is 13.2 Å². The van der Waals surface area contributed by atoms with E-state index in [-0.39, 0.29) is 6.54 Å². The van der Waals surface area contributed by atoms with Gasteiger partial charge in [0.25, 0.3) is 0 Å². The Bertz CT molecular complexity index is 344. The minimum atomic E-state index is -4.08. The summed E-state index contributed by atoms with van der Waals surface area (Å²) in [5.74, 6) is 0.619. The Morgan fingerprint density at radius 3 is 2.81 bits per heavy atom. The van der Waals surface area contributed by atoms with Crippen molar-refractivity contribution in [1.82, 2.24) is 10.3 Å². The molecule has 0 saturated heterocycles. The standard InChI is InChI=1S/C10H13F3N2S/c11-10(12,13)3-4-14-5-8-6-16-9(15-8)7-1-2-7/h6-7,14H,1-5H2. The van der Waals surface area contributed by atoms with Gasteiger partial charge in [0.2, 0.25) is 0 Å². The first-order valence-corrected chi connectivity index (χ1v) is 6.14. The first-order valence-electron chi connectivity index (χ1n) is 5.26. The Balaban J connectivity index is 1.68. The molecule has 6 heteroatoms. The van der Waals surface area contributed by atoms with E-state index in [2.05, 4.69) is 10.3 Å². The molecule has 0 unspecified atom stereocenters. The van der Waals surface area contributed by atoms with Gasteiger partial charge in [-0.05, 0) is 12.8 Å². The van der Waals surface area contributed by atoms with Crippen LogP contribution in [0.4, 0.5) is 13.2 Å². The summed E-state index contributed by atoms with van der Waals surface area (Å²) in [6, 6.07) is 0. The predicted molar refractivity (Wildman–Crippen MR) is 56.5 cm³/mol. The number of hydrogen-bond donors (Lipinski definition) is 1. The third-order valence-electron chi connectivity index (χ3n) is 2.39. The van der Waals surface area contributed by atoms with Gasteiger partial charge in [0, 0.05) is 24.4 Å². The van der Waals surface area contributed by atoms with Crippen molar-refractivity contribution >= 4 is 11.3 Å². The van der Waals surface area contributed by atoms with Crippen molar-refractivity contribution in [2.75, 3.05) is 6.54 Å². The molecule has 1 aliphatic rings. The second-order valence-electron chi connectivity index (χ2n) is 3.99. The summed E-state index contributed by atoms with van der Waals surface area (Å²) in [5, 5.41) is 5.81. The number of nitrogens with one attached hydrogen (secondary N) is 1. The molecule has 0 bridgehead atoms. The van der Waals surface area contributed by atoms with Crippen molar-refractivity contribution < 1.29 is 13.2 Å². The average Bonchev–Trinajstić information content (AvgIpc) is 2.93. The van der Waals surface area contributed by atoms with E-state index in [1.165, 1.54) is 12.8 Å². The molecule has 0 radical (unpaired) electrons. The molecule has 1 N–H and O–H groups in total. The molecular formula is C10H13F3N2S. The van der Waals surface area contributed by atoms with Gasteiger partial charge in [-0.2, -0.15) is 13.2 Å². The van der Waals surface area contributed by atoms with Crippen molar-refractivity contribution in [3.05, 3.63) is 16.1 Å². The van der Waals surface area contributed by atoms with Crippen molar-refractivity contribution in [1.29, 1.82) is 0 Å². The highest BCUT2D eigenvalue weighted by Gasteiger charge is 2.27. The van der Waals surface area contributed by atoms with Crippen LogP contribution in [0.25, 0.3) is 0 Å². The monoisotopic (exact) mass is 250 g/mol. The normalized spacial score (nSPS) is 16.7. The van der Waals surface area contributed by atoms with Crippen LogP contribution in [0.1, 0.15) is 35.9 Å². The number of halogens is 3. The fourth-order valence-electron chi connectivity index (χ4n) is 1.37. The van der Waals surface area contributed by atoms with Crippen LogP contribution in [-0.4, -0.2) is 17.7 Å². The second-order valence-corrected chi connectivity index (χ2v) is 4.88. The Morgan fingerprint density at radius 1 is 1.44 bits per heavy atom. The first kappa shape index (κ1) is 11.9. The highest BCUT2D eigenvalue weighted by molar-refractivity contribution is 7.09. The maximum Gasteiger partial charge on any atom is 0.390 e. The van der Waals surface area contributed by atoms with Gasteiger partial charge in [-0.3, -0.25) is 0 Å². The lowest BCUT2D eigenvalue weighted by molar-refractivity contribution is -0.133. The summed E-state index contributed by atoms with van der Waals surface area (Å²) in [6.45, 7) is 0.388. The molecule has 90 valence electrons. The van der Waals surface area contributed by atoms with Gasteiger partial charge in [-0.25, -0.2) is 4.98 Å². The fourth-order valence-corrected chi connectivity index (χ4v) is 2.36. The molecule has 16 heavy (non-hydrogen) atoms. The topological polar surface area (TPSA) is 24.9 Å². The van der Waals surface area contributed by atoms with Crippen molar-refractivity contribution in [3.8, 4) is 0 Å². The van der Waals surface area contributed by atoms with Crippen LogP contribution < -0.4 is 5.32 Å². The van der Waals surface area contributed by atoms with Crippen LogP contribution in [0.2, 0.25) is 0 Å². The third-order valence-corrected chi connectivity index (χ3v) is 3.44. The largest absolute Gasteiger partial charge is 0.390 e. The van der Waals surface area contributed by atoms with E-state index in [4.69, 9.17) is 0 Å². The number of hydrogen-bond acceptors (Lipinski definition) is 3. The molecule has 1 saturated carbocycles.